The summed E-state index contributed by atoms with van der Waals surface area (Å²) in [5.74, 6) is -0.730. The van der Waals surface area contributed by atoms with Crippen LogP contribution in [-0.2, 0) is 16.9 Å². The van der Waals surface area contributed by atoms with Crippen molar-refractivity contribution in [3.8, 4) is 0 Å². The lowest BCUT2D eigenvalue weighted by atomic mass is 9.91. The van der Waals surface area contributed by atoms with Gasteiger partial charge in [0.25, 0.3) is 5.91 Å². The Balaban J connectivity index is 1.89. The molecule has 0 aromatic heterocycles. The van der Waals surface area contributed by atoms with Crippen LogP contribution >= 0.6 is 0 Å². The van der Waals surface area contributed by atoms with Crippen molar-refractivity contribution in [2.75, 3.05) is 0 Å². The predicted octanol–water partition coefficient (Wildman–Crippen LogP) is 3.10. The first kappa shape index (κ1) is 15.2. The largest absolute Gasteiger partial charge is 0.325 e. The Labute approximate surface area is 133 Å². The average molecular weight is 312 g/mol. The number of hydrogen-bond acceptors (Lipinski definition) is 2. The zero-order valence-electron chi connectivity index (χ0n) is 13.0. The van der Waals surface area contributed by atoms with Gasteiger partial charge in [-0.3, -0.25) is 9.69 Å². The van der Waals surface area contributed by atoms with Crippen molar-refractivity contribution in [3.05, 3.63) is 71.0 Å². The van der Waals surface area contributed by atoms with E-state index in [1.54, 1.807) is 19.1 Å². The van der Waals surface area contributed by atoms with E-state index >= 15 is 0 Å². The second-order valence-electron chi connectivity index (χ2n) is 5.94. The van der Waals surface area contributed by atoms with Crippen molar-refractivity contribution in [1.82, 2.24) is 10.2 Å². The van der Waals surface area contributed by atoms with Crippen LogP contribution in [0.15, 0.2) is 48.5 Å². The van der Waals surface area contributed by atoms with E-state index in [-0.39, 0.29) is 12.5 Å². The molecule has 2 aromatic carbocycles. The summed E-state index contributed by atoms with van der Waals surface area (Å²) >= 11 is 0. The van der Waals surface area contributed by atoms with Crippen LogP contribution in [0, 0.1) is 12.7 Å². The molecule has 1 fully saturated rings. The highest BCUT2D eigenvalue weighted by Crippen LogP contribution is 2.30. The monoisotopic (exact) mass is 312 g/mol. The van der Waals surface area contributed by atoms with Gasteiger partial charge in [0, 0.05) is 0 Å². The zero-order chi connectivity index (χ0) is 16.6. The van der Waals surface area contributed by atoms with Gasteiger partial charge in [-0.1, -0.05) is 42.0 Å². The minimum atomic E-state index is -1.10. The summed E-state index contributed by atoms with van der Waals surface area (Å²) in [4.78, 5) is 26.1. The molecule has 1 N–H and O–H groups in total. The number of carbonyl (C=O) groups excluding carboxylic acids is 2. The van der Waals surface area contributed by atoms with E-state index in [0.717, 1.165) is 16.0 Å². The van der Waals surface area contributed by atoms with Gasteiger partial charge in [0.2, 0.25) is 0 Å². The van der Waals surface area contributed by atoms with Gasteiger partial charge in [-0.15, -0.1) is 0 Å². The fourth-order valence-corrected chi connectivity index (χ4v) is 2.74. The highest BCUT2D eigenvalue weighted by atomic mass is 19.1. The Morgan fingerprint density at radius 2 is 1.83 bits per heavy atom. The van der Waals surface area contributed by atoms with Crippen LogP contribution in [0.3, 0.4) is 0 Å². The molecular formula is C18H17FN2O2. The Morgan fingerprint density at radius 1 is 1.13 bits per heavy atom. The Hall–Kier alpha value is -2.69. The van der Waals surface area contributed by atoms with Gasteiger partial charge in [0.1, 0.15) is 11.4 Å². The van der Waals surface area contributed by atoms with Crippen LogP contribution < -0.4 is 5.32 Å². The predicted molar refractivity (Wildman–Crippen MR) is 84.0 cm³/mol. The van der Waals surface area contributed by atoms with Gasteiger partial charge in [0.05, 0.1) is 6.54 Å². The maximum absolute atomic E-state index is 13.3. The third-order valence-corrected chi connectivity index (χ3v) is 4.13. The summed E-state index contributed by atoms with van der Waals surface area (Å²) < 4.78 is 13.3. The van der Waals surface area contributed by atoms with Gasteiger partial charge in [-0.05, 0) is 37.1 Å². The number of rotatable bonds is 3. The van der Waals surface area contributed by atoms with Crippen LogP contribution in [0.4, 0.5) is 9.18 Å². The molecule has 4 nitrogen and oxygen atoms in total. The molecule has 0 spiro atoms. The number of hydrogen-bond donors (Lipinski definition) is 1. The van der Waals surface area contributed by atoms with E-state index in [2.05, 4.69) is 5.32 Å². The standard InChI is InChI=1S/C18H17FN2O2/c1-12-6-8-14(9-7-12)18(2)16(22)21(17(23)20-18)11-13-4-3-5-15(19)10-13/h3-10H,11H2,1-2H3,(H,20,23). The maximum atomic E-state index is 13.3. The average Bonchev–Trinajstić information content (AvgIpc) is 2.72. The first-order chi connectivity index (χ1) is 10.9. The molecule has 0 bridgehead atoms. The number of imide groups is 1. The van der Waals surface area contributed by atoms with E-state index in [0.29, 0.717) is 5.56 Å². The van der Waals surface area contributed by atoms with Crippen molar-refractivity contribution in [1.29, 1.82) is 0 Å². The van der Waals surface area contributed by atoms with Crippen LogP contribution in [0.25, 0.3) is 0 Å². The molecule has 0 radical (unpaired) electrons. The molecule has 0 aliphatic carbocycles. The molecule has 3 rings (SSSR count). The third-order valence-electron chi connectivity index (χ3n) is 4.13. The van der Waals surface area contributed by atoms with Crippen molar-refractivity contribution < 1.29 is 14.0 Å². The molecule has 5 heteroatoms. The molecule has 23 heavy (non-hydrogen) atoms. The molecular weight excluding hydrogens is 295 g/mol. The number of halogens is 1. The SMILES string of the molecule is Cc1ccc(C2(C)NC(=O)N(Cc3cccc(F)c3)C2=O)cc1. The fourth-order valence-electron chi connectivity index (χ4n) is 2.74. The first-order valence-electron chi connectivity index (χ1n) is 7.36. The van der Waals surface area contributed by atoms with Gasteiger partial charge < -0.3 is 5.32 Å². The third kappa shape index (κ3) is 2.70. The first-order valence-corrected chi connectivity index (χ1v) is 7.36. The van der Waals surface area contributed by atoms with E-state index in [4.69, 9.17) is 0 Å². The lowest BCUT2D eigenvalue weighted by Gasteiger charge is -2.22. The number of amides is 3. The minimum absolute atomic E-state index is 0.0455. The topological polar surface area (TPSA) is 49.4 Å². The van der Waals surface area contributed by atoms with Gasteiger partial charge >= 0.3 is 6.03 Å². The van der Waals surface area contributed by atoms with E-state index in [1.165, 1.54) is 12.1 Å². The highest BCUT2D eigenvalue weighted by molar-refractivity contribution is 6.07. The van der Waals surface area contributed by atoms with Crippen LogP contribution in [0.1, 0.15) is 23.6 Å². The Morgan fingerprint density at radius 3 is 2.48 bits per heavy atom. The van der Waals surface area contributed by atoms with Crippen molar-refractivity contribution >= 4 is 11.9 Å². The number of carbonyl (C=O) groups is 2. The lowest BCUT2D eigenvalue weighted by molar-refractivity contribution is -0.131. The maximum Gasteiger partial charge on any atom is 0.325 e. The molecule has 1 aliphatic rings. The molecule has 1 atom stereocenters. The smallest absolute Gasteiger partial charge is 0.319 e. The second kappa shape index (κ2) is 5.50. The lowest BCUT2D eigenvalue weighted by Crippen LogP contribution is -2.40. The van der Waals surface area contributed by atoms with Crippen molar-refractivity contribution in [2.24, 2.45) is 0 Å². The summed E-state index contributed by atoms with van der Waals surface area (Å²) in [6, 6.07) is 12.9. The number of nitrogens with one attached hydrogen (secondary N) is 1. The van der Waals surface area contributed by atoms with Gasteiger partial charge in [-0.25, -0.2) is 9.18 Å². The summed E-state index contributed by atoms with van der Waals surface area (Å²) in [7, 11) is 0. The van der Waals surface area contributed by atoms with E-state index in [1.807, 2.05) is 31.2 Å². The van der Waals surface area contributed by atoms with Crippen LogP contribution in [-0.4, -0.2) is 16.8 Å². The molecule has 2 aromatic rings. The molecule has 1 saturated heterocycles. The number of benzene rings is 2. The van der Waals surface area contributed by atoms with Crippen LogP contribution in [0.2, 0.25) is 0 Å². The van der Waals surface area contributed by atoms with Gasteiger partial charge in [-0.2, -0.15) is 0 Å². The summed E-state index contributed by atoms with van der Waals surface area (Å²) in [5.41, 5.74) is 1.27. The minimum Gasteiger partial charge on any atom is -0.319 e. The van der Waals surface area contributed by atoms with Gasteiger partial charge in [0.15, 0.2) is 0 Å². The Kier molecular flexibility index (Phi) is 3.64. The number of urea groups is 1. The molecule has 118 valence electrons. The summed E-state index contributed by atoms with van der Waals surface area (Å²) in [5, 5.41) is 2.74. The molecule has 3 amide bonds. The fraction of sp³-hybridized carbons (Fsp3) is 0.222. The molecule has 1 unspecified atom stereocenters. The van der Waals surface area contributed by atoms with Crippen LogP contribution in [0.5, 0.6) is 0 Å². The quantitative estimate of drug-likeness (QED) is 0.885. The second-order valence-corrected chi connectivity index (χ2v) is 5.94. The molecule has 1 heterocycles. The van der Waals surface area contributed by atoms with Crippen molar-refractivity contribution in [3.63, 3.8) is 0 Å². The molecule has 1 aliphatic heterocycles. The Bertz CT molecular complexity index is 773. The zero-order valence-corrected chi connectivity index (χ0v) is 13.0. The van der Waals surface area contributed by atoms with E-state index in [9.17, 15) is 14.0 Å². The summed E-state index contributed by atoms with van der Waals surface area (Å²) in [6.07, 6.45) is 0. The summed E-state index contributed by atoms with van der Waals surface area (Å²) in [6.45, 7) is 3.69. The highest BCUT2D eigenvalue weighted by Gasteiger charge is 2.48. The normalized spacial score (nSPS) is 20.7. The molecule has 0 saturated carbocycles. The van der Waals surface area contributed by atoms with Crippen molar-refractivity contribution in [2.45, 2.75) is 25.9 Å². The number of aryl methyl sites for hydroxylation is 1. The van der Waals surface area contributed by atoms with E-state index < -0.39 is 17.4 Å². The number of nitrogens with zero attached hydrogens (tertiary/aromatic N) is 1.